The van der Waals surface area contributed by atoms with E-state index in [1.165, 1.54) is 25.3 Å². The first-order valence-corrected chi connectivity index (χ1v) is 4.73. The standard InChI is InChI=1S/C11H10F3NO2/c1-16-9-4-8(7-15)5-10(6-9)17-3-2-11(12,13)14/h4-6H,2-3H2,1H3. The van der Waals surface area contributed by atoms with Crippen LogP contribution in [0.3, 0.4) is 0 Å². The summed E-state index contributed by atoms with van der Waals surface area (Å²) in [5.74, 6) is 0.552. The predicted molar refractivity (Wildman–Crippen MR) is 53.9 cm³/mol. The lowest BCUT2D eigenvalue weighted by molar-refractivity contribution is -0.139. The van der Waals surface area contributed by atoms with E-state index in [1.54, 1.807) is 0 Å². The average molecular weight is 245 g/mol. The zero-order valence-corrected chi connectivity index (χ0v) is 9.04. The van der Waals surface area contributed by atoms with Gasteiger partial charge in [-0.05, 0) is 12.1 Å². The Morgan fingerprint density at radius 3 is 2.41 bits per heavy atom. The lowest BCUT2D eigenvalue weighted by Gasteiger charge is -2.10. The van der Waals surface area contributed by atoms with E-state index in [1.807, 2.05) is 6.07 Å². The van der Waals surface area contributed by atoms with Crippen molar-refractivity contribution >= 4 is 0 Å². The smallest absolute Gasteiger partial charge is 0.392 e. The molecule has 3 nitrogen and oxygen atoms in total. The Balaban J connectivity index is 2.68. The Morgan fingerprint density at radius 2 is 1.88 bits per heavy atom. The first-order chi connectivity index (χ1) is 7.94. The molecule has 1 rings (SSSR count). The van der Waals surface area contributed by atoms with E-state index in [-0.39, 0.29) is 11.3 Å². The van der Waals surface area contributed by atoms with E-state index in [9.17, 15) is 13.2 Å². The van der Waals surface area contributed by atoms with Crippen molar-refractivity contribution in [1.82, 2.24) is 0 Å². The summed E-state index contributed by atoms with van der Waals surface area (Å²) in [5, 5.41) is 8.70. The van der Waals surface area contributed by atoms with Gasteiger partial charge in [-0.15, -0.1) is 0 Å². The second kappa shape index (κ2) is 5.43. The fourth-order valence-corrected chi connectivity index (χ4v) is 1.12. The number of nitrogens with zero attached hydrogens (tertiary/aromatic N) is 1. The van der Waals surface area contributed by atoms with Crippen molar-refractivity contribution in [3.05, 3.63) is 23.8 Å². The highest BCUT2D eigenvalue weighted by atomic mass is 19.4. The van der Waals surface area contributed by atoms with Gasteiger partial charge in [-0.2, -0.15) is 18.4 Å². The SMILES string of the molecule is COc1cc(C#N)cc(OCCC(F)(F)F)c1. The highest BCUT2D eigenvalue weighted by Gasteiger charge is 2.26. The molecule has 0 aliphatic carbocycles. The van der Waals surface area contributed by atoms with Gasteiger partial charge in [-0.25, -0.2) is 0 Å². The number of methoxy groups -OCH3 is 1. The summed E-state index contributed by atoms with van der Waals surface area (Å²) in [6.45, 7) is -0.485. The second-order valence-electron chi connectivity index (χ2n) is 3.22. The summed E-state index contributed by atoms with van der Waals surface area (Å²) in [7, 11) is 1.40. The minimum Gasteiger partial charge on any atom is -0.497 e. The number of ether oxygens (including phenoxy) is 2. The largest absolute Gasteiger partial charge is 0.497 e. The molecule has 0 saturated carbocycles. The molecule has 17 heavy (non-hydrogen) atoms. The van der Waals surface area contributed by atoms with Gasteiger partial charge in [0.05, 0.1) is 31.8 Å². The highest BCUT2D eigenvalue weighted by Crippen LogP contribution is 2.24. The number of rotatable bonds is 4. The Morgan fingerprint density at radius 1 is 1.24 bits per heavy atom. The zero-order chi connectivity index (χ0) is 12.9. The molecule has 6 heteroatoms. The predicted octanol–water partition coefficient (Wildman–Crippen LogP) is 2.90. The van der Waals surface area contributed by atoms with Gasteiger partial charge in [0.1, 0.15) is 11.5 Å². The van der Waals surface area contributed by atoms with E-state index in [2.05, 4.69) is 0 Å². The molecule has 0 unspecified atom stereocenters. The maximum absolute atomic E-state index is 11.9. The monoisotopic (exact) mass is 245 g/mol. The highest BCUT2D eigenvalue weighted by molar-refractivity contribution is 5.43. The first-order valence-electron chi connectivity index (χ1n) is 4.73. The molecule has 0 radical (unpaired) electrons. The van der Waals surface area contributed by atoms with Gasteiger partial charge in [0.25, 0.3) is 0 Å². The van der Waals surface area contributed by atoms with Crippen LogP contribution in [0, 0.1) is 11.3 Å². The van der Waals surface area contributed by atoms with Gasteiger partial charge >= 0.3 is 6.18 Å². The summed E-state index contributed by atoms with van der Waals surface area (Å²) < 4.78 is 45.5. The number of halogens is 3. The number of nitriles is 1. The molecule has 0 atom stereocenters. The molecule has 0 spiro atoms. The van der Waals surface area contributed by atoms with Crippen molar-refractivity contribution in [2.24, 2.45) is 0 Å². The molecular formula is C11H10F3NO2. The molecule has 0 amide bonds. The van der Waals surface area contributed by atoms with Gasteiger partial charge in [-0.3, -0.25) is 0 Å². The minimum absolute atomic E-state index is 0.185. The van der Waals surface area contributed by atoms with Crippen molar-refractivity contribution in [2.75, 3.05) is 13.7 Å². The third-order valence-electron chi connectivity index (χ3n) is 1.90. The lowest BCUT2D eigenvalue weighted by atomic mass is 10.2. The molecule has 0 heterocycles. The minimum atomic E-state index is -4.25. The molecule has 0 saturated heterocycles. The van der Waals surface area contributed by atoms with Crippen LogP contribution in [0.15, 0.2) is 18.2 Å². The Labute approximate surface area is 96.4 Å². The first kappa shape index (κ1) is 13.2. The second-order valence-corrected chi connectivity index (χ2v) is 3.22. The van der Waals surface area contributed by atoms with Gasteiger partial charge in [-0.1, -0.05) is 0 Å². The third-order valence-corrected chi connectivity index (χ3v) is 1.90. The van der Waals surface area contributed by atoms with E-state index in [0.717, 1.165) is 0 Å². The Hall–Kier alpha value is -1.90. The number of hydrogen-bond acceptors (Lipinski definition) is 3. The molecule has 0 aliphatic rings. The van der Waals surface area contributed by atoms with Crippen LogP contribution < -0.4 is 9.47 Å². The Kier molecular flexibility index (Phi) is 4.21. The lowest BCUT2D eigenvalue weighted by Crippen LogP contribution is -2.13. The molecule has 0 aliphatic heterocycles. The summed E-state index contributed by atoms with van der Waals surface area (Å²) in [4.78, 5) is 0. The van der Waals surface area contributed by atoms with Crippen molar-refractivity contribution in [3.8, 4) is 17.6 Å². The molecule has 0 bridgehead atoms. The normalized spacial score (nSPS) is 10.8. The van der Waals surface area contributed by atoms with Crippen LogP contribution in [0.25, 0.3) is 0 Å². The van der Waals surface area contributed by atoms with Gasteiger partial charge in [0, 0.05) is 6.07 Å². The van der Waals surface area contributed by atoms with Crippen LogP contribution in [-0.4, -0.2) is 19.9 Å². The summed E-state index contributed by atoms with van der Waals surface area (Å²) in [6, 6.07) is 6.12. The van der Waals surface area contributed by atoms with Gasteiger partial charge in [0.2, 0.25) is 0 Å². The van der Waals surface area contributed by atoms with E-state index < -0.39 is 19.2 Å². The van der Waals surface area contributed by atoms with Gasteiger partial charge in [0.15, 0.2) is 0 Å². The number of alkyl halides is 3. The van der Waals surface area contributed by atoms with Crippen LogP contribution in [-0.2, 0) is 0 Å². The van der Waals surface area contributed by atoms with E-state index >= 15 is 0 Å². The topological polar surface area (TPSA) is 42.2 Å². The molecule has 1 aromatic rings. The van der Waals surface area contributed by atoms with Crippen molar-refractivity contribution in [3.63, 3.8) is 0 Å². The molecule has 92 valence electrons. The van der Waals surface area contributed by atoms with Crippen LogP contribution in [0.5, 0.6) is 11.5 Å². The van der Waals surface area contributed by atoms with Crippen LogP contribution >= 0.6 is 0 Å². The van der Waals surface area contributed by atoms with Crippen LogP contribution in [0.4, 0.5) is 13.2 Å². The maximum atomic E-state index is 11.9. The molecule has 0 N–H and O–H groups in total. The quantitative estimate of drug-likeness (QED) is 0.819. The number of benzene rings is 1. The summed E-state index contributed by atoms with van der Waals surface area (Å²) in [6.07, 6.45) is -5.29. The molecule has 0 aromatic heterocycles. The average Bonchev–Trinajstić information content (AvgIpc) is 2.26. The molecule has 1 aromatic carbocycles. The number of hydrogen-bond donors (Lipinski definition) is 0. The summed E-state index contributed by atoms with van der Waals surface area (Å²) in [5.41, 5.74) is 0.270. The molecule has 0 fully saturated rings. The van der Waals surface area contributed by atoms with E-state index in [4.69, 9.17) is 14.7 Å². The van der Waals surface area contributed by atoms with Crippen molar-refractivity contribution < 1.29 is 22.6 Å². The fourth-order valence-electron chi connectivity index (χ4n) is 1.12. The summed E-state index contributed by atoms with van der Waals surface area (Å²) >= 11 is 0. The zero-order valence-electron chi connectivity index (χ0n) is 9.04. The van der Waals surface area contributed by atoms with E-state index in [0.29, 0.717) is 5.75 Å². The van der Waals surface area contributed by atoms with Crippen LogP contribution in [0.1, 0.15) is 12.0 Å². The Bertz CT molecular complexity index is 424. The van der Waals surface area contributed by atoms with Crippen molar-refractivity contribution in [1.29, 1.82) is 5.26 Å². The fraction of sp³-hybridized carbons (Fsp3) is 0.364. The van der Waals surface area contributed by atoms with Crippen LogP contribution in [0.2, 0.25) is 0 Å². The maximum Gasteiger partial charge on any atom is 0.392 e. The van der Waals surface area contributed by atoms with Crippen molar-refractivity contribution in [2.45, 2.75) is 12.6 Å². The van der Waals surface area contributed by atoms with Gasteiger partial charge < -0.3 is 9.47 Å². The molecular weight excluding hydrogens is 235 g/mol. The third kappa shape index (κ3) is 4.64.